The molecule has 0 rings (SSSR count). The Morgan fingerprint density at radius 2 is 0.550 bits per heavy atom. The molecule has 0 spiro atoms. The molecule has 0 aromatic rings. The van der Waals surface area contributed by atoms with Crippen molar-refractivity contribution in [2.24, 2.45) is 0 Å². The van der Waals surface area contributed by atoms with Gasteiger partial charge >= 0.3 is 17.9 Å². The molecule has 1 atom stereocenters. The lowest BCUT2D eigenvalue weighted by Gasteiger charge is -2.18. The van der Waals surface area contributed by atoms with Crippen molar-refractivity contribution >= 4 is 17.9 Å². The first-order chi connectivity index (χ1) is 29.5. The lowest BCUT2D eigenvalue weighted by molar-refractivity contribution is -0.167. The number of hydrogen-bond acceptors (Lipinski definition) is 6. The van der Waals surface area contributed by atoms with Gasteiger partial charge < -0.3 is 14.2 Å². The van der Waals surface area contributed by atoms with Gasteiger partial charge in [-0.2, -0.15) is 0 Å². The fourth-order valence-electron chi connectivity index (χ4n) is 7.97. The van der Waals surface area contributed by atoms with Gasteiger partial charge in [-0.1, -0.05) is 245 Å². The summed E-state index contributed by atoms with van der Waals surface area (Å²) in [6.45, 7) is 6.63. The van der Waals surface area contributed by atoms with Crippen LogP contribution in [-0.4, -0.2) is 37.2 Å². The maximum absolute atomic E-state index is 12.8. The molecule has 0 radical (unpaired) electrons. The lowest BCUT2D eigenvalue weighted by Crippen LogP contribution is -2.30. The minimum Gasteiger partial charge on any atom is -0.462 e. The molecule has 0 fully saturated rings. The van der Waals surface area contributed by atoms with Gasteiger partial charge in [0.2, 0.25) is 0 Å². The van der Waals surface area contributed by atoms with Crippen LogP contribution in [0.4, 0.5) is 0 Å². The standard InChI is InChI=1S/C54H102O6/c1-4-7-10-13-16-19-22-24-25-26-27-28-29-30-31-33-35-38-41-44-47-53(56)59-50-51(49-58-52(55)46-43-40-37-34-21-18-15-12-9-6-3)60-54(57)48-45-42-39-36-32-23-20-17-14-11-8-5-2/h17,20,51H,4-16,18-19,21-50H2,1-3H3/b20-17-. The van der Waals surface area contributed by atoms with Crippen molar-refractivity contribution in [3.05, 3.63) is 12.2 Å². The molecule has 6 nitrogen and oxygen atoms in total. The molecule has 6 heteroatoms. The van der Waals surface area contributed by atoms with E-state index in [2.05, 4.69) is 32.9 Å². The average Bonchev–Trinajstić information content (AvgIpc) is 3.24. The van der Waals surface area contributed by atoms with E-state index in [4.69, 9.17) is 14.2 Å². The number of carbonyl (C=O) groups is 3. The number of carbonyl (C=O) groups excluding carboxylic acids is 3. The summed E-state index contributed by atoms with van der Waals surface area (Å²) in [5.41, 5.74) is 0. The lowest BCUT2D eigenvalue weighted by atomic mass is 10.0. The maximum Gasteiger partial charge on any atom is 0.306 e. The molecule has 0 bridgehead atoms. The van der Waals surface area contributed by atoms with E-state index < -0.39 is 6.10 Å². The molecule has 60 heavy (non-hydrogen) atoms. The van der Waals surface area contributed by atoms with Crippen LogP contribution >= 0.6 is 0 Å². The summed E-state index contributed by atoms with van der Waals surface area (Å²) in [6.07, 6.45) is 54.9. The van der Waals surface area contributed by atoms with Gasteiger partial charge in [-0.05, 0) is 44.9 Å². The first-order valence-electron chi connectivity index (χ1n) is 26.7. The fraction of sp³-hybridized carbons (Fsp3) is 0.907. The van der Waals surface area contributed by atoms with Gasteiger partial charge in [0.1, 0.15) is 13.2 Å². The Hall–Kier alpha value is -1.85. The van der Waals surface area contributed by atoms with Crippen LogP contribution < -0.4 is 0 Å². The molecule has 0 saturated heterocycles. The monoisotopic (exact) mass is 847 g/mol. The molecule has 0 heterocycles. The van der Waals surface area contributed by atoms with Crippen LogP contribution in [0.1, 0.15) is 297 Å². The highest BCUT2D eigenvalue weighted by atomic mass is 16.6. The maximum atomic E-state index is 12.8. The van der Waals surface area contributed by atoms with Gasteiger partial charge in [0, 0.05) is 19.3 Å². The van der Waals surface area contributed by atoms with E-state index in [1.54, 1.807) is 0 Å². The summed E-state index contributed by atoms with van der Waals surface area (Å²) in [5.74, 6) is -0.862. The molecule has 1 unspecified atom stereocenters. The van der Waals surface area contributed by atoms with Crippen LogP contribution in [0.5, 0.6) is 0 Å². The van der Waals surface area contributed by atoms with Crippen LogP contribution in [0.3, 0.4) is 0 Å². The van der Waals surface area contributed by atoms with Crippen molar-refractivity contribution < 1.29 is 28.6 Å². The quantitative estimate of drug-likeness (QED) is 0.0263. The zero-order valence-corrected chi connectivity index (χ0v) is 40.5. The van der Waals surface area contributed by atoms with Crippen molar-refractivity contribution in [2.75, 3.05) is 13.2 Å². The van der Waals surface area contributed by atoms with Crippen molar-refractivity contribution in [3.8, 4) is 0 Å². The van der Waals surface area contributed by atoms with Gasteiger partial charge in [-0.15, -0.1) is 0 Å². The molecule has 0 aliphatic rings. The summed E-state index contributed by atoms with van der Waals surface area (Å²) in [7, 11) is 0. The van der Waals surface area contributed by atoms with Gasteiger partial charge in [0.25, 0.3) is 0 Å². The third-order valence-corrected chi connectivity index (χ3v) is 12.0. The number of rotatable bonds is 49. The molecule has 354 valence electrons. The zero-order valence-electron chi connectivity index (χ0n) is 40.5. The predicted octanol–water partition coefficient (Wildman–Crippen LogP) is 17.4. The molecule has 0 aromatic carbocycles. The predicted molar refractivity (Wildman–Crippen MR) is 256 cm³/mol. The Balaban J connectivity index is 4.22. The van der Waals surface area contributed by atoms with E-state index in [0.717, 1.165) is 64.2 Å². The minimum atomic E-state index is -0.767. The highest BCUT2D eigenvalue weighted by Crippen LogP contribution is 2.17. The summed E-state index contributed by atoms with van der Waals surface area (Å²) in [6, 6.07) is 0. The molecular formula is C54H102O6. The Bertz CT molecular complexity index is 931. The van der Waals surface area contributed by atoms with Gasteiger partial charge in [-0.3, -0.25) is 14.4 Å². The highest BCUT2D eigenvalue weighted by molar-refractivity contribution is 5.71. The van der Waals surface area contributed by atoms with Crippen LogP contribution in [-0.2, 0) is 28.6 Å². The number of unbranched alkanes of at least 4 members (excludes halogenated alkanes) is 36. The van der Waals surface area contributed by atoms with Gasteiger partial charge in [-0.25, -0.2) is 0 Å². The second-order valence-electron chi connectivity index (χ2n) is 18.2. The third kappa shape index (κ3) is 47.2. The number of allylic oxidation sites excluding steroid dienone is 2. The van der Waals surface area contributed by atoms with Gasteiger partial charge in [0.15, 0.2) is 6.10 Å². The van der Waals surface area contributed by atoms with Crippen LogP contribution in [0, 0.1) is 0 Å². The first kappa shape index (κ1) is 58.1. The molecule has 0 N–H and O–H groups in total. The van der Waals surface area contributed by atoms with E-state index in [0.29, 0.717) is 19.3 Å². The van der Waals surface area contributed by atoms with Crippen molar-refractivity contribution in [3.63, 3.8) is 0 Å². The summed E-state index contributed by atoms with van der Waals surface area (Å²) in [5, 5.41) is 0. The smallest absolute Gasteiger partial charge is 0.306 e. The van der Waals surface area contributed by atoms with Crippen LogP contribution in [0.25, 0.3) is 0 Å². The van der Waals surface area contributed by atoms with Crippen LogP contribution in [0.15, 0.2) is 12.2 Å². The van der Waals surface area contributed by atoms with E-state index >= 15 is 0 Å². The molecule has 0 amide bonds. The summed E-state index contributed by atoms with van der Waals surface area (Å²) >= 11 is 0. The Labute approximate surface area is 373 Å². The van der Waals surface area contributed by atoms with Gasteiger partial charge in [0.05, 0.1) is 0 Å². The Morgan fingerprint density at radius 1 is 0.317 bits per heavy atom. The van der Waals surface area contributed by atoms with Crippen molar-refractivity contribution in [1.29, 1.82) is 0 Å². The number of ether oxygens (including phenoxy) is 3. The Morgan fingerprint density at radius 3 is 0.867 bits per heavy atom. The molecule has 0 aliphatic heterocycles. The SMILES string of the molecule is CCCCC/C=C\CCCCCCCC(=O)OC(COC(=O)CCCCCCCCCCCC)COC(=O)CCCCCCCCCCCCCCCCCCCCCC. The Kier molecular flexibility index (Phi) is 48.3. The van der Waals surface area contributed by atoms with E-state index in [9.17, 15) is 14.4 Å². The number of hydrogen-bond donors (Lipinski definition) is 0. The van der Waals surface area contributed by atoms with Crippen LogP contribution in [0.2, 0.25) is 0 Å². The average molecular weight is 847 g/mol. The molecular weight excluding hydrogens is 745 g/mol. The zero-order chi connectivity index (χ0) is 43.7. The molecule has 0 saturated carbocycles. The molecule has 0 aliphatic carbocycles. The van der Waals surface area contributed by atoms with Crippen molar-refractivity contribution in [1.82, 2.24) is 0 Å². The first-order valence-corrected chi connectivity index (χ1v) is 26.7. The number of esters is 3. The van der Waals surface area contributed by atoms with E-state index in [-0.39, 0.29) is 31.1 Å². The summed E-state index contributed by atoms with van der Waals surface area (Å²) < 4.78 is 16.8. The second kappa shape index (κ2) is 49.8. The topological polar surface area (TPSA) is 78.9 Å². The largest absolute Gasteiger partial charge is 0.462 e. The molecule has 0 aromatic heterocycles. The van der Waals surface area contributed by atoms with Crippen molar-refractivity contribution in [2.45, 2.75) is 303 Å². The highest BCUT2D eigenvalue weighted by Gasteiger charge is 2.19. The second-order valence-corrected chi connectivity index (χ2v) is 18.2. The summed E-state index contributed by atoms with van der Waals surface area (Å²) in [4.78, 5) is 37.9. The third-order valence-electron chi connectivity index (χ3n) is 12.0. The van der Waals surface area contributed by atoms with E-state index in [1.165, 1.54) is 193 Å². The fourth-order valence-corrected chi connectivity index (χ4v) is 7.97. The minimum absolute atomic E-state index is 0.0682. The normalized spacial score (nSPS) is 12.0. The van der Waals surface area contributed by atoms with E-state index in [1.807, 2.05) is 0 Å².